The lowest BCUT2D eigenvalue weighted by Gasteiger charge is -2.26. The van der Waals surface area contributed by atoms with Crippen LogP contribution in [0.3, 0.4) is 0 Å². The zero-order valence-corrected chi connectivity index (χ0v) is 14.1. The van der Waals surface area contributed by atoms with Gasteiger partial charge in [0, 0.05) is 12.0 Å². The molecule has 4 N–H and O–H groups in total. The lowest BCUT2D eigenvalue weighted by molar-refractivity contribution is -0.149. The zero-order chi connectivity index (χ0) is 18.8. The fourth-order valence-corrected chi connectivity index (χ4v) is 2.32. The minimum absolute atomic E-state index is 0.0141. The quantitative estimate of drug-likeness (QED) is 0.547. The molecule has 0 aliphatic carbocycles. The number of hydrogen-bond acceptors (Lipinski definition) is 5. The number of unbranched alkanes of at least 4 members (excludes halogenated alkanes) is 2. The molecule has 0 fully saturated rings. The first-order valence-electron chi connectivity index (χ1n) is 8.08. The fraction of sp³-hybridized carbons (Fsp3) is 0.389. The molecule has 136 valence electrons. The van der Waals surface area contributed by atoms with E-state index < -0.39 is 30.4 Å². The summed E-state index contributed by atoms with van der Waals surface area (Å²) in [5.74, 6) is -2.81. The van der Waals surface area contributed by atoms with Crippen LogP contribution in [0.25, 0.3) is 6.08 Å². The lowest BCUT2D eigenvalue weighted by atomic mass is 10.1. The Morgan fingerprint density at radius 3 is 2.28 bits per heavy atom. The Labute approximate surface area is 146 Å². The van der Waals surface area contributed by atoms with Gasteiger partial charge in [0.1, 0.15) is 0 Å². The van der Waals surface area contributed by atoms with E-state index in [0.717, 1.165) is 12.0 Å². The van der Waals surface area contributed by atoms with Crippen LogP contribution >= 0.6 is 0 Å². The number of aliphatic carboxylic acids is 1. The highest BCUT2D eigenvalue weighted by molar-refractivity contribution is 6.07. The maximum absolute atomic E-state index is 12.7. The Bertz CT molecular complexity index is 612. The number of amides is 2. The van der Waals surface area contributed by atoms with Gasteiger partial charge in [0.05, 0.1) is 6.61 Å². The van der Waals surface area contributed by atoms with E-state index in [2.05, 4.69) is 6.58 Å². The van der Waals surface area contributed by atoms with E-state index in [1.807, 2.05) is 0 Å². The number of aliphatic hydroxyl groups excluding tert-OH is 1. The SMILES string of the molecule is C=Cc1ccc(C(=O)N(C(=O)CCCCCN)[C@@H](CO)C(=O)O)cc1. The number of aliphatic hydroxyl groups is 1. The van der Waals surface area contributed by atoms with Gasteiger partial charge in [-0.15, -0.1) is 0 Å². The molecule has 1 aromatic rings. The van der Waals surface area contributed by atoms with Crippen LogP contribution in [0.15, 0.2) is 30.8 Å². The Hall–Kier alpha value is -2.51. The van der Waals surface area contributed by atoms with Gasteiger partial charge < -0.3 is 15.9 Å². The molecule has 0 saturated carbocycles. The second kappa shape index (κ2) is 10.4. The molecule has 0 spiro atoms. The molecule has 7 heteroatoms. The number of carboxylic acid groups (broad SMARTS) is 1. The average molecular weight is 348 g/mol. The monoisotopic (exact) mass is 348 g/mol. The Kier molecular flexibility index (Phi) is 8.52. The molecule has 0 bridgehead atoms. The van der Waals surface area contributed by atoms with Gasteiger partial charge in [0.15, 0.2) is 6.04 Å². The highest BCUT2D eigenvalue weighted by atomic mass is 16.4. The number of carbonyl (C=O) groups is 3. The molecule has 2 amide bonds. The van der Waals surface area contributed by atoms with Crippen molar-refractivity contribution in [2.45, 2.75) is 31.7 Å². The van der Waals surface area contributed by atoms with E-state index in [9.17, 15) is 24.6 Å². The molecule has 0 aromatic heterocycles. The van der Waals surface area contributed by atoms with Gasteiger partial charge in [-0.3, -0.25) is 14.5 Å². The number of carbonyl (C=O) groups excluding carboxylic acids is 2. The molecule has 7 nitrogen and oxygen atoms in total. The standard InChI is InChI=1S/C18H24N2O5/c1-2-13-7-9-14(10-8-13)17(23)20(15(12-21)18(24)25)16(22)6-4-3-5-11-19/h2,7-10,15,21H,1,3-6,11-12,19H2,(H,24,25)/t15-/m0/s1. The van der Waals surface area contributed by atoms with Crippen LogP contribution in [0.2, 0.25) is 0 Å². The van der Waals surface area contributed by atoms with E-state index >= 15 is 0 Å². The minimum Gasteiger partial charge on any atom is -0.480 e. The largest absolute Gasteiger partial charge is 0.480 e. The van der Waals surface area contributed by atoms with Crippen molar-refractivity contribution in [3.63, 3.8) is 0 Å². The van der Waals surface area contributed by atoms with Crippen LogP contribution in [-0.4, -0.2) is 52.1 Å². The van der Waals surface area contributed by atoms with Crippen molar-refractivity contribution < 1.29 is 24.6 Å². The van der Waals surface area contributed by atoms with E-state index in [4.69, 9.17) is 5.73 Å². The second-order valence-corrected chi connectivity index (χ2v) is 5.53. The van der Waals surface area contributed by atoms with Crippen molar-refractivity contribution in [2.75, 3.05) is 13.2 Å². The smallest absolute Gasteiger partial charge is 0.329 e. The third kappa shape index (κ3) is 5.81. The predicted octanol–water partition coefficient (Wildman–Crippen LogP) is 1.26. The third-order valence-electron chi connectivity index (χ3n) is 3.75. The summed E-state index contributed by atoms with van der Waals surface area (Å²) in [6, 6.07) is 4.64. The normalized spacial score (nSPS) is 11.6. The molecule has 0 unspecified atom stereocenters. The molecule has 1 rings (SSSR count). The highest BCUT2D eigenvalue weighted by Crippen LogP contribution is 2.14. The zero-order valence-electron chi connectivity index (χ0n) is 14.1. The number of nitrogens with two attached hydrogens (primary N) is 1. The number of rotatable bonds is 10. The van der Waals surface area contributed by atoms with Gasteiger partial charge in [0.2, 0.25) is 5.91 Å². The fourth-order valence-electron chi connectivity index (χ4n) is 2.32. The summed E-state index contributed by atoms with van der Waals surface area (Å²) in [6.07, 6.45) is 3.55. The number of carboxylic acids is 1. The predicted molar refractivity (Wildman–Crippen MR) is 93.7 cm³/mol. The Balaban J connectivity index is 3.02. The van der Waals surface area contributed by atoms with E-state index in [0.29, 0.717) is 24.3 Å². The van der Waals surface area contributed by atoms with Gasteiger partial charge in [-0.1, -0.05) is 31.2 Å². The topological polar surface area (TPSA) is 121 Å². The maximum atomic E-state index is 12.7. The number of nitrogens with zero attached hydrogens (tertiary/aromatic N) is 1. The van der Waals surface area contributed by atoms with Crippen LogP contribution in [0.1, 0.15) is 41.6 Å². The van der Waals surface area contributed by atoms with Crippen molar-refractivity contribution in [2.24, 2.45) is 5.73 Å². The van der Waals surface area contributed by atoms with Gasteiger partial charge in [-0.2, -0.15) is 0 Å². The maximum Gasteiger partial charge on any atom is 0.329 e. The van der Waals surface area contributed by atoms with Crippen molar-refractivity contribution in [1.29, 1.82) is 0 Å². The number of hydrogen-bond donors (Lipinski definition) is 3. The molecular formula is C18H24N2O5. The molecule has 0 aliphatic heterocycles. The van der Waals surface area contributed by atoms with Crippen LogP contribution in [0.5, 0.6) is 0 Å². The second-order valence-electron chi connectivity index (χ2n) is 5.53. The first-order chi connectivity index (χ1) is 12.0. The van der Waals surface area contributed by atoms with E-state index in [1.165, 1.54) is 12.1 Å². The van der Waals surface area contributed by atoms with Crippen molar-refractivity contribution in [3.05, 3.63) is 42.0 Å². The molecule has 0 radical (unpaired) electrons. The van der Waals surface area contributed by atoms with Crippen LogP contribution in [0, 0.1) is 0 Å². The molecule has 0 heterocycles. The summed E-state index contributed by atoms with van der Waals surface area (Å²) in [7, 11) is 0. The van der Waals surface area contributed by atoms with Gasteiger partial charge >= 0.3 is 5.97 Å². The molecule has 1 atom stereocenters. The van der Waals surface area contributed by atoms with Crippen LogP contribution in [-0.2, 0) is 9.59 Å². The Morgan fingerprint density at radius 1 is 1.16 bits per heavy atom. The van der Waals surface area contributed by atoms with Crippen LogP contribution in [0.4, 0.5) is 0 Å². The summed E-state index contributed by atoms with van der Waals surface area (Å²) in [6.45, 7) is 3.27. The van der Waals surface area contributed by atoms with Crippen molar-refractivity contribution in [3.8, 4) is 0 Å². The number of benzene rings is 1. The van der Waals surface area contributed by atoms with E-state index in [1.54, 1.807) is 18.2 Å². The summed E-state index contributed by atoms with van der Waals surface area (Å²) in [5.41, 5.74) is 6.35. The molecule has 0 saturated heterocycles. The lowest BCUT2D eigenvalue weighted by Crippen LogP contribution is -2.50. The summed E-state index contributed by atoms with van der Waals surface area (Å²) in [4.78, 5) is 37.1. The van der Waals surface area contributed by atoms with E-state index in [-0.39, 0.29) is 12.0 Å². The third-order valence-corrected chi connectivity index (χ3v) is 3.75. The number of imide groups is 1. The van der Waals surface area contributed by atoms with Crippen LogP contribution < -0.4 is 5.73 Å². The van der Waals surface area contributed by atoms with Gasteiger partial charge in [-0.25, -0.2) is 4.79 Å². The first kappa shape index (κ1) is 20.5. The van der Waals surface area contributed by atoms with Gasteiger partial charge in [0.25, 0.3) is 5.91 Å². The van der Waals surface area contributed by atoms with Crippen molar-refractivity contribution >= 4 is 23.9 Å². The summed E-state index contributed by atoms with van der Waals surface area (Å²) < 4.78 is 0. The summed E-state index contributed by atoms with van der Waals surface area (Å²) in [5, 5.41) is 18.6. The summed E-state index contributed by atoms with van der Waals surface area (Å²) >= 11 is 0. The molecule has 25 heavy (non-hydrogen) atoms. The molecular weight excluding hydrogens is 324 g/mol. The first-order valence-corrected chi connectivity index (χ1v) is 8.08. The minimum atomic E-state index is -1.62. The van der Waals surface area contributed by atoms with Gasteiger partial charge in [-0.05, 0) is 37.1 Å². The average Bonchev–Trinajstić information content (AvgIpc) is 2.62. The highest BCUT2D eigenvalue weighted by Gasteiger charge is 2.34. The Morgan fingerprint density at radius 2 is 1.80 bits per heavy atom. The van der Waals surface area contributed by atoms with Crippen molar-refractivity contribution in [1.82, 2.24) is 4.90 Å². The molecule has 0 aliphatic rings. The molecule has 1 aromatic carbocycles.